The van der Waals surface area contributed by atoms with Crippen LogP contribution >= 0.6 is 0 Å². The van der Waals surface area contributed by atoms with Crippen molar-refractivity contribution in [1.82, 2.24) is 15.5 Å². The number of guanidine groups is 1. The fourth-order valence-corrected chi connectivity index (χ4v) is 6.55. The standard InChI is InChI=1S/C31H38N4O5/c1-5-30(6-2)16-26(36)35(28(32)34-30)23-15-31(17-38-18-31)40-25-12-11-19(13-21(23)25)27(37)33-22-14-29(3,4)39-24-10-8-7-9-20(22)24/h7-13,22-23H,5-6,14-18H2,1-4H3,(H2,32,34)(H,33,37)/t22-,23+/m0/s1. The fraction of sp³-hybridized carbons (Fsp3) is 0.516. The van der Waals surface area contributed by atoms with Crippen LogP contribution in [0.4, 0.5) is 0 Å². The van der Waals surface area contributed by atoms with Crippen LogP contribution in [-0.2, 0) is 9.53 Å². The van der Waals surface area contributed by atoms with Crippen LogP contribution in [0.15, 0.2) is 42.5 Å². The average Bonchev–Trinajstić information content (AvgIpc) is 2.90. The van der Waals surface area contributed by atoms with Gasteiger partial charge in [-0.1, -0.05) is 32.0 Å². The fourth-order valence-electron chi connectivity index (χ4n) is 6.55. The first-order valence-electron chi connectivity index (χ1n) is 14.2. The van der Waals surface area contributed by atoms with Gasteiger partial charge >= 0.3 is 0 Å². The van der Waals surface area contributed by atoms with Gasteiger partial charge in [0.15, 0.2) is 11.6 Å². The number of ether oxygens (including phenoxy) is 3. The van der Waals surface area contributed by atoms with Crippen molar-refractivity contribution in [2.24, 2.45) is 0 Å². The Bertz CT molecular complexity index is 1340. The van der Waals surface area contributed by atoms with Crippen LogP contribution in [0, 0.1) is 5.41 Å². The molecule has 0 bridgehead atoms. The number of hydrogen-bond donors (Lipinski definition) is 3. The molecule has 2 fully saturated rings. The molecular weight excluding hydrogens is 508 g/mol. The second kappa shape index (κ2) is 9.51. The van der Waals surface area contributed by atoms with E-state index in [1.807, 2.05) is 64.1 Å². The number of fused-ring (bicyclic) bond motifs is 2. The zero-order valence-electron chi connectivity index (χ0n) is 23.6. The Morgan fingerprint density at radius 2 is 1.77 bits per heavy atom. The smallest absolute Gasteiger partial charge is 0.251 e. The molecule has 4 aliphatic heterocycles. The molecule has 0 saturated carbocycles. The highest BCUT2D eigenvalue weighted by Crippen LogP contribution is 2.47. The molecule has 2 aromatic rings. The van der Waals surface area contributed by atoms with Crippen molar-refractivity contribution in [1.29, 1.82) is 5.41 Å². The molecule has 6 rings (SSSR count). The van der Waals surface area contributed by atoms with Gasteiger partial charge in [0.05, 0.1) is 31.7 Å². The number of para-hydroxylation sites is 1. The summed E-state index contributed by atoms with van der Waals surface area (Å²) in [5.41, 5.74) is 0.798. The number of carbonyl (C=O) groups is 2. The summed E-state index contributed by atoms with van der Waals surface area (Å²) in [7, 11) is 0. The number of nitrogens with one attached hydrogen (secondary N) is 3. The van der Waals surface area contributed by atoms with E-state index in [0.717, 1.165) is 29.7 Å². The molecule has 2 atom stereocenters. The summed E-state index contributed by atoms with van der Waals surface area (Å²) >= 11 is 0. The van der Waals surface area contributed by atoms with Crippen LogP contribution in [0.5, 0.6) is 11.5 Å². The first kappa shape index (κ1) is 26.6. The minimum atomic E-state index is -0.538. The number of hydrogen-bond acceptors (Lipinski definition) is 6. The third-order valence-corrected chi connectivity index (χ3v) is 8.98. The van der Waals surface area contributed by atoms with Crippen LogP contribution in [-0.4, -0.2) is 52.6 Å². The minimum absolute atomic E-state index is 0.0865. The van der Waals surface area contributed by atoms with Crippen molar-refractivity contribution in [2.75, 3.05) is 13.2 Å². The van der Waals surface area contributed by atoms with Gasteiger partial charge in [-0.25, -0.2) is 0 Å². The van der Waals surface area contributed by atoms with Crippen molar-refractivity contribution in [3.63, 3.8) is 0 Å². The molecule has 212 valence electrons. The van der Waals surface area contributed by atoms with Crippen LogP contribution < -0.4 is 20.1 Å². The highest BCUT2D eigenvalue weighted by Gasteiger charge is 2.52. The second-order valence-electron chi connectivity index (χ2n) is 12.3. The normalized spacial score (nSPS) is 25.4. The lowest BCUT2D eigenvalue weighted by Gasteiger charge is -2.51. The van der Waals surface area contributed by atoms with Gasteiger partial charge in [0.1, 0.15) is 17.1 Å². The first-order valence-corrected chi connectivity index (χ1v) is 14.2. The van der Waals surface area contributed by atoms with Gasteiger partial charge in [0.25, 0.3) is 5.91 Å². The van der Waals surface area contributed by atoms with Crippen molar-refractivity contribution >= 4 is 17.8 Å². The molecule has 3 N–H and O–H groups in total. The van der Waals surface area contributed by atoms with Gasteiger partial charge in [0, 0.05) is 35.1 Å². The lowest BCUT2D eigenvalue weighted by atomic mass is 9.82. The third kappa shape index (κ3) is 4.50. The van der Waals surface area contributed by atoms with Crippen LogP contribution in [0.25, 0.3) is 0 Å². The highest BCUT2D eigenvalue weighted by atomic mass is 16.6. The number of rotatable bonds is 5. The first-order chi connectivity index (χ1) is 19.1. The molecule has 4 aliphatic rings. The lowest BCUT2D eigenvalue weighted by molar-refractivity contribution is -0.180. The molecule has 40 heavy (non-hydrogen) atoms. The summed E-state index contributed by atoms with van der Waals surface area (Å²) in [6.45, 7) is 8.99. The Morgan fingerprint density at radius 3 is 2.45 bits per heavy atom. The molecule has 2 aromatic carbocycles. The number of nitrogens with zero attached hydrogens (tertiary/aromatic N) is 1. The van der Waals surface area contributed by atoms with Gasteiger partial charge in [0.2, 0.25) is 5.91 Å². The molecular formula is C31H38N4O5. The van der Waals surface area contributed by atoms with Crippen molar-refractivity contribution in [2.45, 2.75) is 88.6 Å². The Hall–Kier alpha value is -3.59. The molecule has 0 aliphatic carbocycles. The molecule has 2 amide bonds. The van der Waals surface area contributed by atoms with E-state index in [-0.39, 0.29) is 23.8 Å². The van der Waals surface area contributed by atoms with Gasteiger partial charge < -0.3 is 24.8 Å². The minimum Gasteiger partial charge on any atom is -0.487 e. The number of benzene rings is 2. The van der Waals surface area contributed by atoms with Crippen molar-refractivity contribution in [3.05, 3.63) is 59.2 Å². The van der Waals surface area contributed by atoms with Crippen LogP contribution in [0.1, 0.15) is 93.4 Å². The van der Waals surface area contributed by atoms with Gasteiger partial charge in [-0.2, -0.15) is 0 Å². The van der Waals surface area contributed by atoms with Crippen LogP contribution in [0.3, 0.4) is 0 Å². The summed E-state index contributed by atoms with van der Waals surface area (Å²) in [6, 6.07) is 12.5. The predicted octanol–water partition coefficient (Wildman–Crippen LogP) is 4.63. The molecule has 2 saturated heterocycles. The van der Waals surface area contributed by atoms with E-state index in [1.165, 1.54) is 0 Å². The quantitative estimate of drug-likeness (QED) is 0.504. The Morgan fingerprint density at radius 1 is 1.05 bits per heavy atom. The van der Waals surface area contributed by atoms with Gasteiger partial charge in [-0.15, -0.1) is 0 Å². The summed E-state index contributed by atoms with van der Waals surface area (Å²) in [4.78, 5) is 28.8. The van der Waals surface area contributed by atoms with E-state index in [0.29, 0.717) is 43.8 Å². The maximum Gasteiger partial charge on any atom is 0.251 e. The molecule has 0 radical (unpaired) electrons. The Kier molecular flexibility index (Phi) is 6.33. The molecule has 0 aromatic heterocycles. The largest absolute Gasteiger partial charge is 0.487 e. The summed E-state index contributed by atoms with van der Waals surface area (Å²) in [5, 5.41) is 15.4. The highest BCUT2D eigenvalue weighted by molar-refractivity contribution is 6.00. The molecule has 4 heterocycles. The number of amides is 2. The summed E-state index contributed by atoms with van der Waals surface area (Å²) in [6.07, 6.45) is 2.95. The molecule has 9 heteroatoms. The second-order valence-corrected chi connectivity index (χ2v) is 12.3. The van der Waals surface area contributed by atoms with E-state index >= 15 is 0 Å². The van der Waals surface area contributed by atoms with E-state index in [1.54, 1.807) is 11.0 Å². The predicted molar refractivity (Wildman–Crippen MR) is 150 cm³/mol. The summed E-state index contributed by atoms with van der Waals surface area (Å²) in [5.74, 6) is 1.21. The zero-order valence-corrected chi connectivity index (χ0v) is 23.6. The number of carbonyl (C=O) groups excluding carboxylic acids is 2. The maximum absolute atomic E-state index is 13.6. The summed E-state index contributed by atoms with van der Waals surface area (Å²) < 4.78 is 18.0. The molecule has 0 unspecified atom stereocenters. The van der Waals surface area contributed by atoms with Crippen molar-refractivity contribution in [3.8, 4) is 11.5 Å². The zero-order chi connectivity index (χ0) is 28.3. The van der Waals surface area contributed by atoms with E-state index in [2.05, 4.69) is 10.6 Å². The third-order valence-electron chi connectivity index (χ3n) is 8.98. The SMILES string of the molecule is CCC1(CC)CC(=O)N([C@@H]2CC3(COC3)Oc3ccc(C(=O)N[C@H]4CC(C)(C)Oc5ccccc54)cc32)C(=N)N1. The molecule has 1 spiro atoms. The lowest BCUT2D eigenvalue weighted by Crippen LogP contribution is -2.65. The average molecular weight is 547 g/mol. The topological polar surface area (TPSA) is 113 Å². The molecule has 9 nitrogen and oxygen atoms in total. The van der Waals surface area contributed by atoms with Gasteiger partial charge in [-0.05, 0) is 51.0 Å². The van der Waals surface area contributed by atoms with Crippen LogP contribution in [0.2, 0.25) is 0 Å². The monoisotopic (exact) mass is 546 g/mol. The Labute approximate surface area is 235 Å². The maximum atomic E-state index is 13.6. The van der Waals surface area contributed by atoms with E-state index in [4.69, 9.17) is 19.6 Å². The van der Waals surface area contributed by atoms with Gasteiger partial charge in [-0.3, -0.25) is 19.9 Å². The Balaban J connectivity index is 1.31. The van der Waals surface area contributed by atoms with Crippen molar-refractivity contribution < 1.29 is 23.8 Å². The van der Waals surface area contributed by atoms with E-state index < -0.39 is 22.8 Å². The van der Waals surface area contributed by atoms with E-state index in [9.17, 15) is 9.59 Å².